The third-order valence-corrected chi connectivity index (χ3v) is 5.06. The molecule has 3 N–H and O–H groups in total. The maximum Gasteiger partial charge on any atom is 0.279 e. The molecule has 1 heterocycles. The van der Waals surface area contributed by atoms with Crippen molar-refractivity contribution >= 4 is 23.2 Å². The molecular weight excluding hydrogens is 368 g/mol. The first-order valence-corrected chi connectivity index (χ1v) is 9.99. The number of benzene rings is 2. The SMILES string of the molecule is CCNC(=O)c1cccc(NC(=O)C[NH+]2CCN(c3ccc(OC)cc3)CC2)c1. The van der Waals surface area contributed by atoms with Crippen LogP contribution in [0.25, 0.3) is 0 Å². The van der Waals surface area contributed by atoms with E-state index in [9.17, 15) is 9.59 Å². The summed E-state index contributed by atoms with van der Waals surface area (Å²) in [5.41, 5.74) is 2.37. The van der Waals surface area contributed by atoms with E-state index in [4.69, 9.17) is 4.74 Å². The van der Waals surface area contributed by atoms with E-state index in [1.54, 1.807) is 31.4 Å². The van der Waals surface area contributed by atoms with Gasteiger partial charge in [0.25, 0.3) is 11.8 Å². The molecule has 29 heavy (non-hydrogen) atoms. The summed E-state index contributed by atoms with van der Waals surface area (Å²) in [5.74, 6) is 0.681. The molecule has 0 spiro atoms. The fourth-order valence-corrected chi connectivity index (χ4v) is 3.48. The number of methoxy groups -OCH3 is 1. The van der Waals surface area contributed by atoms with Gasteiger partial charge in [-0.05, 0) is 49.4 Å². The molecule has 154 valence electrons. The molecule has 0 aromatic heterocycles. The number of nitrogens with zero attached hydrogens (tertiary/aromatic N) is 1. The van der Waals surface area contributed by atoms with Crippen molar-refractivity contribution in [1.29, 1.82) is 0 Å². The van der Waals surface area contributed by atoms with Gasteiger partial charge in [0.2, 0.25) is 0 Å². The molecule has 0 aliphatic carbocycles. The van der Waals surface area contributed by atoms with E-state index in [2.05, 4.69) is 27.7 Å². The van der Waals surface area contributed by atoms with Gasteiger partial charge >= 0.3 is 0 Å². The van der Waals surface area contributed by atoms with Gasteiger partial charge in [0.15, 0.2) is 6.54 Å². The number of ether oxygens (including phenoxy) is 1. The number of carbonyl (C=O) groups is 2. The van der Waals surface area contributed by atoms with Crippen molar-refractivity contribution in [2.45, 2.75) is 6.92 Å². The van der Waals surface area contributed by atoms with Crippen molar-refractivity contribution < 1.29 is 19.2 Å². The molecule has 7 heteroatoms. The van der Waals surface area contributed by atoms with Crippen LogP contribution in [0.5, 0.6) is 5.75 Å². The molecule has 1 aliphatic heterocycles. The first-order valence-electron chi connectivity index (χ1n) is 9.99. The van der Waals surface area contributed by atoms with Gasteiger partial charge < -0.3 is 25.2 Å². The third kappa shape index (κ3) is 5.71. The van der Waals surface area contributed by atoms with Crippen LogP contribution in [0.1, 0.15) is 17.3 Å². The highest BCUT2D eigenvalue weighted by molar-refractivity contribution is 5.97. The van der Waals surface area contributed by atoms with Crippen LogP contribution in [-0.4, -0.2) is 58.2 Å². The molecule has 1 saturated heterocycles. The monoisotopic (exact) mass is 397 g/mol. The molecule has 7 nitrogen and oxygen atoms in total. The van der Waals surface area contributed by atoms with Gasteiger partial charge in [0, 0.05) is 23.5 Å². The predicted molar refractivity (Wildman–Crippen MR) is 114 cm³/mol. The normalized spacial score (nSPS) is 14.3. The zero-order valence-corrected chi connectivity index (χ0v) is 17.0. The molecule has 0 radical (unpaired) electrons. The highest BCUT2D eigenvalue weighted by Gasteiger charge is 2.22. The van der Waals surface area contributed by atoms with Gasteiger partial charge in [-0.1, -0.05) is 6.07 Å². The van der Waals surface area contributed by atoms with Crippen molar-refractivity contribution in [2.24, 2.45) is 0 Å². The second-order valence-corrected chi connectivity index (χ2v) is 7.10. The minimum absolute atomic E-state index is 0.0362. The number of amides is 2. The van der Waals surface area contributed by atoms with Gasteiger partial charge in [-0.2, -0.15) is 0 Å². The topological polar surface area (TPSA) is 75.1 Å². The highest BCUT2D eigenvalue weighted by Crippen LogP contribution is 2.19. The number of anilines is 2. The molecule has 0 atom stereocenters. The van der Waals surface area contributed by atoms with Gasteiger partial charge in [-0.25, -0.2) is 0 Å². The van der Waals surface area contributed by atoms with E-state index in [0.29, 0.717) is 24.3 Å². The van der Waals surface area contributed by atoms with Crippen molar-refractivity contribution in [3.05, 3.63) is 54.1 Å². The zero-order valence-electron chi connectivity index (χ0n) is 17.0. The van der Waals surface area contributed by atoms with Gasteiger partial charge in [-0.15, -0.1) is 0 Å². The predicted octanol–water partition coefficient (Wildman–Crippen LogP) is 0.789. The Bertz CT molecular complexity index is 830. The molecule has 0 saturated carbocycles. The van der Waals surface area contributed by atoms with Crippen molar-refractivity contribution in [1.82, 2.24) is 5.32 Å². The van der Waals surface area contributed by atoms with Crippen LogP contribution in [0.3, 0.4) is 0 Å². The Balaban J connectivity index is 1.48. The molecule has 2 aromatic carbocycles. The summed E-state index contributed by atoms with van der Waals surface area (Å²) in [5, 5.41) is 5.68. The second-order valence-electron chi connectivity index (χ2n) is 7.10. The molecule has 2 aromatic rings. The maximum atomic E-state index is 12.4. The average molecular weight is 397 g/mol. The second kappa shape index (κ2) is 9.93. The van der Waals surface area contributed by atoms with Crippen LogP contribution in [-0.2, 0) is 4.79 Å². The smallest absolute Gasteiger partial charge is 0.279 e. The fraction of sp³-hybridized carbons (Fsp3) is 0.364. The Morgan fingerprint density at radius 1 is 1.10 bits per heavy atom. The zero-order chi connectivity index (χ0) is 20.6. The Morgan fingerprint density at radius 2 is 1.83 bits per heavy atom. The van der Waals surface area contributed by atoms with Gasteiger partial charge in [-0.3, -0.25) is 9.59 Å². The lowest BCUT2D eigenvalue weighted by Gasteiger charge is -2.33. The Morgan fingerprint density at radius 3 is 2.48 bits per heavy atom. The number of hydrogen-bond acceptors (Lipinski definition) is 4. The number of carbonyl (C=O) groups excluding carboxylic acids is 2. The molecule has 0 unspecified atom stereocenters. The summed E-state index contributed by atoms with van der Waals surface area (Å²) >= 11 is 0. The summed E-state index contributed by atoms with van der Waals surface area (Å²) in [6.45, 7) is 6.48. The largest absolute Gasteiger partial charge is 0.497 e. The fourth-order valence-electron chi connectivity index (χ4n) is 3.48. The molecule has 1 fully saturated rings. The number of quaternary nitrogens is 1. The quantitative estimate of drug-likeness (QED) is 0.646. The van der Waals surface area contributed by atoms with E-state index in [1.807, 2.05) is 19.1 Å². The van der Waals surface area contributed by atoms with Crippen LogP contribution >= 0.6 is 0 Å². The summed E-state index contributed by atoms with van der Waals surface area (Å²) < 4.78 is 5.21. The third-order valence-electron chi connectivity index (χ3n) is 5.06. The van der Waals surface area contributed by atoms with E-state index in [1.165, 1.54) is 10.6 Å². The maximum absolute atomic E-state index is 12.4. The van der Waals surface area contributed by atoms with Crippen molar-refractivity contribution in [3.63, 3.8) is 0 Å². The lowest BCUT2D eigenvalue weighted by molar-refractivity contribution is -0.892. The molecular formula is C22H29N4O3+. The summed E-state index contributed by atoms with van der Waals surface area (Å²) in [6.07, 6.45) is 0. The van der Waals surface area contributed by atoms with E-state index >= 15 is 0 Å². The van der Waals surface area contributed by atoms with E-state index in [-0.39, 0.29) is 11.8 Å². The molecule has 0 bridgehead atoms. The first kappa shape index (κ1) is 20.7. The van der Waals surface area contributed by atoms with Crippen LogP contribution in [0.2, 0.25) is 0 Å². The summed E-state index contributed by atoms with van der Waals surface area (Å²) in [6, 6.07) is 15.1. The van der Waals surface area contributed by atoms with Crippen LogP contribution in [0.15, 0.2) is 48.5 Å². The first-order chi connectivity index (χ1) is 14.1. The molecule has 2 amide bonds. The van der Waals surface area contributed by atoms with Gasteiger partial charge in [0.1, 0.15) is 5.75 Å². The van der Waals surface area contributed by atoms with E-state index in [0.717, 1.165) is 31.9 Å². The van der Waals surface area contributed by atoms with Crippen LogP contribution < -0.4 is 25.2 Å². The van der Waals surface area contributed by atoms with Crippen LogP contribution in [0, 0.1) is 0 Å². The van der Waals surface area contributed by atoms with Crippen molar-refractivity contribution in [3.8, 4) is 5.75 Å². The van der Waals surface area contributed by atoms with Crippen molar-refractivity contribution in [2.75, 3.05) is 56.6 Å². The highest BCUT2D eigenvalue weighted by atomic mass is 16.5. The molecule has 1 aliphatic rings. The number of hydrogen-bond donors (Lipinski definition) is 3. The van der Waals surface area contributed by atoms with E-state index < -0.39 is 0 Å². The minimum Gasteiger partial charge on any atom is -0.497 e. The standard InChI is InChI=1S/C22H28N4O3/c1-3-23-22(28)17-5-4-6-18(15-17)24-21(27)16-25-11-13-26(14-12-25)19-7-9-20(29-2)10-8-19/h4-10,15H,3,11-14,16H2,1-2H3,(H,23,28)(H,24,27)/p+1. The Kier molecular flexibility index (Phi) is 7.08. The summed E-state index contributed by atoms with van der Waals surface area (Å²) in [7, 11) is 1.67. The number of nitrogens with one attached hydrogen (secondary N) is 3. The molecule has 3 rings (SSSR count). The minimum atomic E-state index is -0.135. The van der Waals surface area contributed by atoms with Crippen LogP contribution in [0.4, 0.5) is 11.4 Å². The lowest BCUT2D eigenvalue weighted by Crippen LogP contribution is -3.15. The Hall–Kier alpha value is -3.06. The number of rotatable bonds is 7. The number of piperazine rings is 1. The summed E-state index contributed by atoms with van der Waals surface area (Å²) in [4.78, 5) is 28.0. The average Bonchev–Trinajstić information content (AvgIpc) is 2.75. The van der Waals surface area contributed by atoms with Gasteiger partial charge in [0.05, 0.1) is 33.3 Å². The Labute approximate surface area is 171 Å². The lowest BCUT2D eigenvalue weighted by atomic mass is 10.2.